The molecule has 1 saturated heterocycles. The number of amides is 1. The Morgan fingerprint density at radius 2 is 1.85 bits per heavy atom. The van der Waals surface area contributed by atoms with Crippen molar-refractivity contribution in [2.24, 2.45) is 5.73 Å². The Balaban J connectivity index is 1.72. The first kappa shape index (κ1) is 18.4. The van der Waals surface area contributed by atoms with Gasteiger partial charge in [-0.15, -0.1) is 0 Å². The van der Waals surface area contributed by atoms with Gasteiger partial charge in [-0.25, -0.2) is 22.8 Å². The molecule has 3 rings (SSSR count). The Morgan fingerprint density at radius 1 is 1.23 bits per heavy atom. The second-order valence-electron chi connectivity index (χ2n) is 6.22. The number of piperidine rings is 1. The second kappa shape index (κ2) is 7.08. The zero-order valence-electron chi connectivity index (χ0n) is 14.2. The zero-order chi connectivity index (χ0) is 18.9. The standard InChI is InChI=1S/C17H19FN4O3S/c1-11-15(16(19)23)10-20-17(21-11)12-6-8-22(9-7-12)26(24,25)14-4-2-13(18)3-5-14/h2-5,10,12H,6-9H2,1H3,(H2,19,23). The van der Waals surface area contributed by atoms with E-state index in [1.54, 1.807) is 6.92 Å². The number of rotatable bonds is 4. The molecule has 0 atom stereocenters. The fourth-order valence-corrected chi connectivity index (χ4v) is 4.50. The number of carbonyl (C=O) groups is 1. The number of halogens is 1. The maximum atomic E-state index is 13.0. The lowest BCUT2D eigenvalue weighted by atomic mass is 9.97. The Hall–Kier alpha value is -2.39. The first-order valence-electron chi connectivity index (χ1n) is 8.18. The molecular weight excluding hydrogens is 359 g/mol. The van der Waals surface area contributed by atoms with Crippen molar-refractivity contribution >= 4 is 15.9 Å². The molecule has 0 unspecified atom stereocenters. The highest BCUT2D eigenvalue weighted by molar-refractivity contribution is 7.89. The van der Waals surface area contributed by atoms with E-state index in [0.717, 1.165) is 12.1 Å². The van der Waals surface area contributed by atoms with E-state index in [2.05, 4.69) is 9.97 Å². The number of nitrogens with zero attached hydrogens (tertiary/aromatic N) is 3. The monoisotopic (exact) mass is 378 g/mol. The SMILES string of the molecule is Cc1nc(C2CCN(S(=O)(=O)c3ccc(F)cc3)CC2)ncc1C(N)=O. The quantitative estimate of drug-likeness (QED) is 0.870. The van der Waals surface area contributed by atoms with Crippen LogP contribution >= 0.6 is 0 Å². The number of carbonyl (C=O) groups excluding carboxylic acids is 1. The van der Waals surface area contributed by atoms with Gasteiger partial charge in [0.05, 0.1) is 16.2 Å². The third kappa shape index (κ3) is 3.58. The van der Waals surface area contributed by atoms with E-state index in [1.807, 2.05) is 0 Å². The van der Waals surface area contributed by atoms with E-state index in [1.165, 1.54) is 22.6 Å². The van der Waals surface area contributed by atoms with Gasteiger partial charge < -0.3 is 5.73 Å². The van der Waals surface area contributed by atoms with E-state index < -0.39 is 21.7 Å². The van der Waals surface area contributed by atoms with Crippen molar-refractivity contribution < 1.29 is 17.6 Å². The summed E-state index contributed by atoms with van der Waals surface area (Å²) in [6.45, 7) is 2.34. The number of hydrogen-bond acceptors (Lipinski definition) is 5. The number of aromatic nitrogens is 2. The van der Waals surface area contributed by atoms with Crippen molar-refractivity contribution in [3.05, 3.63) is 53.4 Å². The summed E-state index contributed by atoms with van der Waals surface area (Å²) in [5, 5.41) is 0. The highest BCUT2D eigenvalue weighted by atomic mass is 32.2. The first-order chi connectivity index (χ1) is 12.3. The smallest absolute Gasteiger partial charge is 0.252 e. The summed E-state index contributed by atoms with van der Waals surface area (Å²) >= 11 is 0. The fourth-order valence-electron chi connectivity index (χ4n) is 3.03. The van der Waals surface area contributed by atoms with Gasteiger partial charge >= 0.3 is 0 Å². The van der Waals surface area contributed by atoms with Crippen molar-refractivity contribution in [3.8, 4) is 0 Å². The molecule has 1 aliphatic rings. The van der Waals surface area contributed by atoms with Crippen LogP contribution in [-0.4, -0.2) is 41.7 Å². The third-order valence-corrected chi connectivity index (χ3v) is 6.45. The molecule has 0 spiro atoms. The molecule has 2 N–H and O–H groups in total. The van der Waals surface area contributed by atoms with Gasteiger partial charge in [-0.05, 0) is 44.0 Å². The Kier molecular flexibility index (Phi) is 5.01. The van der Waals surface area contributed by atoms with Gasteiger partial charge in [0.25, 0.3) is 5.91 Å². The topological polar surface area (TPSA) is 106 Å². The van der Waals surface area contributed by atoms with Crippen LogP contribution in [-0.2, 0) is 10.0 Å². The van der Waals surface area contributed by atoms with E-state index in [9.17, 15) is 17.6 Å². The average molecular weight is 378 g/mol. The normalized spacial score (nSPS) is 16.5. The molecule has 0 aliphatic carbocycles. The minimum Gasteiger partial charge on any atom is -0.365 e. The van der Waals surface area contributed by atoms with Gasteiger partial charge in [-0.1, -0.05) is 0 Å². The van der Waals surface area contributed by atoms with Crippen LogP contribution in [0.5, 0.6) is 0 Å². The summed E-state index contributed by atoms with van der Waals surface area (Å²) in [4.78, 5) is 19.9. The minimum atomic E-state index is -3.65. The maximum absolute atomic E-state index is 13.0. The third-order valence-electron chi connectivity index (χ3n) is 4.53. The molecule has 0 radical (unpaired) electrons. The number of hydrogen-bond donors (Lipinski definition) is 1. The maximum Gasteiger partial charge on any atom is 0.252 e. The van der Waals surface area contributed by atoms with Crippen molar-refractivity contribution in [2.45, 2.75) is 30.6 Å². The van der Waals surface area contributed by atoms with Crippen LogP contribution in [0, 0.1) is 12.7 Å². The molecule has 1 aromatic heterocycles. The van der Waals surface area contributed by atoms with E-state index >= 15 is 0 Å². The Labute approximate surface area is 151 Å². The highest BCUT2D eigenvalue weighted by Gasteiger charge is 2.31. The van der Waals surface area contributed by atoms with E-state index in [4.69, 9.17) is 5.73 Å². The van der Waals surface area contributed by atoms with Crippen LogP contribution < -0.4 is 5.73 Å². The predicted octanol–water partition coefficient (Wildman–Crippen LogP) is 1.59. The molecule has 1 aromatic carbocycles. The zero-order valence-corrected chi connectivity index (χ0v) is 15.0. The Morgan fingerprint density at radius 3 is 2.38 bits per heavy atom. The van der Waals surface area contributed by atoms with Gasteiger partial charge in [0.1, 0.15) is 11.6 Å². The van der Waals surface area contributed by atoms with Crippen LogP contribution in [0.15, 0.2) is 35.4 Å². The summed E-state index contributed by atoms with van der Waals surface area (Å²) in [6, 6.07) is 4.81. The number of sulfonamides is 1. The predicted molar refractivity (Wildman–Crippen MR) is 92.4 cm³/mol. The van der Waals surface area contributed by atoms with Crippen molar-refractivity contribution in [2.75, 3.05) is 13.1 Å². The van der Waals surface area contributed by atoms with Gasteiger partial charge in [0, 0.05) is 25.2 Å². The minimum absolute atomic E-state index is 0.00953. The van der Waals surface area contributed by atoms with E-state index in [0.29, 0.717) is 37.4 Å². The molecule has 2 aromatic rings. The molecule has 1 amide bonds. The van der Waals surface area contributed by atoms with Crippen molar-refractivity contribution in [1.29, 1.82) is 0 Å². The van der Waals surface area contributed by atoms with Crippen molar-refractivity contribution in [3.63, 3.8) is 0 Å². The van der Waals surface area contributed by atoms with Gasteiger partial charge in [0.2, 0.25) is 10.0 Å². The summed E-state index contributed by atoms with van der Waals surface area (Å²) in [7, 11) is -3.65. The molecule has 1 aliphatic heterocycles. The molecule has 26 heavy (non-hydrogen) atoms. The molecule has 1 fully saturated rings. The van der Waals surface area contributed by atoms with Crippen molar-refractivity contribution in [1.82, 2.24) is 14.3 Å². The van der Waals surface area contributed by atoms with Gasteiger partial charge in [-0.3, -0.25) is 4.79 Å². The number of aryl methyl sites for hydroxylation is 1. The molecule has 9 heteroatoms. The van der Waals surface area contributed by atoms with Crippen LogP contribution in [0.2, 0.25) is 0 Å². The molecular formula is C17H19FN4O3S. The average Bonchev–Trinajstić information content (AvgIpc) is 2.62. The lowest BCUT2D eigenvalue weighted by Crippen LogP contribution is -2.38. The lowest BCUT2D eigenvalue weighted by molar-refractivity contribution is 0.0998. The highest BCUT2D eigenvalue weighted by Crippen LogP contribution is 2.29. The summed E-state index contributed by atoms with van der Waals surface area (Å²) < 4.78 is 39.7. The largest absolute Gasteiger partial charge is 0.365 e. The van der Waals surface area contributed by atoms with Crippen LogP contribution in [0.3, 0.4) is 0 Å². The number of benzene rings is 1. The summed E-state index contributed by atoms with van der Waals surface area (Å²) in [6.07, 6.45) is 2.55. The Bertz CT molecular complexity index is 924. The number of primary amides is 1. The number of nitrogens with two attached hydrogens (primary N) is 1. The van der Waals surface area contributed by atoms with Crippen LogP contribution in [0.25, 0.3) is 0 Å². The fraction of sp³-hybridized carbons (Fsp3) is 0.353. The molecule has 2 heterocycles. The van der Waals surface area contributed by atoms with Crippen LogP contribution in [0.1, 0.15) is 40.6 Å². The first-order valence-corrected chi connectivity index (χ1v) is 9.62. The lowest BCUT2D eigenvalue weighted by Gasteiger charge is -2.30. The summed E-state index contributed by atoms with van der Waals surface area (Å²) in [5.41, 5.74) is 6.06. The second-order valence-corrected chi connectivity index (χ2v) is 8.16. The molecule has 138 valence electrons. The van der Waals surface area contributed by atoms with Gasteiger partial charge in [-0.2, -0.15) is 4.31 Å². The molecule has 0 bridgehead atoms. The van der Waals surface area contributed by atoms with Crippen LogP contribution in [0.4, 0.5) is 4.39 Å². The van der Waals surface area contributed by atoms with E-state index in [-0.39, 0.29) is 16.4 Å². The van der Waals surface area contributed by atoms with Gasteiger partial charge in [0.15, 0.2) is 0 Å². The molecule has 0 saturated carbocycles. The molecule has 7 nitrogen and oxygen atoms in total. The summed E-state index contributed by atoms with van der Waals surface area (Å²) in [5.74, 6) is -0.453.